The van der Waals surface area contributed by atoms with Crippen molar-refractivity contribution in [2.45, 2.75) is 6.18 Å². The van der Waals surface area contributed by atoms with E-state index in [1.807, 2.05) is 0 Å². The fourth-order valence-electron chi connectivity index (χ4n) is 1.85. The number of amides is 2. The molecule has 0 saturated heterocycles. The van der Waals surface area contributed by atoms with E-state index in [-0.39, 0.29) is 11.3 Å². The van der Waals surface area contributed by atoms with Crippen LogP contribution in [0.15, 0.2) is 48.5 Å². The van der Waals surface area contributed by atoms with E-state index in [1.54, 1.807) is 23.5 Å². The smallest absolute Gasteiger partial charge is 0.343 e. The first-order valence-corrected chi connectivity index (χ1v) is 7.14. The van der Waals surface area contributed by atoms with Crippen LogP contribution < -0.4 is 10.6 Å². The minimum Gasteiger partial charge on any atom is -0.343 e. The summed E-state index contributed by atoms with van der Waals surface area (Å²) >= 11 is 5.81. The summed E-state index contributed by atoms with van der Waals surface area (Å²) < 4.78 is 36.4. The first kappa shape index (κ1) is 17.8. The molecule has 0 aliphatic carbocycles. The van der Waals surface area contributed by atoms with E-state index in [0.717, 1.165) is 0 Å². The molecule has 0 aromatic heterocycles. The van der Waals surface area contributed by atoms with Crippen LogP contribution in [0.3, 0.4) is 0 Å². The fourth-order valence-corrected chi connectivity index (χ4v) is 2.04. The van der Waals surface area contributed by atoms with Crippen molar-refractivity contribution in [3.05, 3.63) is 64.7 Å². The summed E-state index contributed by atoms with van der Waals surface area (Å²) in [6, 6.07) is 11.9. The summed E-state index contributed by atoms with van der Waals surface area (Å²) in [4.78, 5) is 23.8. The highest BCUT2D eigenvalue weighted by molar-refractivity contribution is 6.31. The molecule has 0 atom stereocenters. The molecule has 126 valence electrons. The van der Waals surface area contributed by atoms with E-state index in [9.17, 15) is 22.8 Å². The zero-order valence-corrected chi connectivity index (χ0v) is 12.9. The third-order valence-electron chi connectivity index (χ3n) is 2.92. The predicted molar refractivity (Wildman–Crippen MR) is 84.2 cm³/mol. The van der Waals surface area contributed by atoms with Crippen LogP contribution in [0.2, 0.25) is 5.02 Å². The maximum atomic E-state index is 12.1. The van der Waals surface area contributed by atoms with Crippen LogP contribution >= 0.6 is 11.6 Å². The van der Waals surface area contributed by atoms with Crippen molar-refractivity contribution in [1.29, 1.82) is 0 Å². The van der Waals surface area contributed by atoms with Crippen molar-refractivity contribution in [1.82, 2.24) is 5.32 Å². The van der Waals surface area contributed by atoms with Gasteiger partial charge in [0.05, 0.1) is 0 Å². The Morgan fingerprint density at radius 3 is 2.21 bits per heavy atom. The first-order chi connectivity index (χ1) is 11.2. The fraction of sp³-hybridized carbons (Fsp3) is 0.125. The molecule has 0 fully saturated rings. The molecule has 0 radical (unpaired) electrons. The molecule has 0 saturated carbocycles. The second-order valence-electron chi connectivity index (χ2n) is 4.84. The van der Waals surface area contributed by atoms with Crippen molar-refractivity contribution in [2.24, 2.45) is 0 Å². The van der Waals surface area contributed by atoms with Gasteiger partial charge in [-0.25, -0.2) is 0 Å². The summed E-state index contributed by atoms with van der Waals surface area (Å²) in [6.07, 6.45) is -4.49. The lowest BCUT2D eigenvalue weighted by Crippen LogP contribution is -2.33. The van der Waals surface area contributed by atoms with Crippen LogP contribution in [-0.4, -0.2) is 24.5 Å². The van der Waals surface area contributed by atoms with Crippen LogP contribution in [0.1, 0.15) is 20.7 Å². The largest absolute Gasteiger partial charge is 0.405 e. The summed E-state index contributed by atoms with van der Waals surface area (Å²) in [5.74, 6) is -1.34. The third-order valence-corrected chi connectivity index (χ3v) is 3.15. The zero-order valence-electron chi connectivity index (χ0n) is 12.2. The molecule has 0 spiro atoms. The Morgan fingerprint density at radius 2 is 1.58 bits per heavy atom. The number of hydrogen-bond acceptors (Lipinski definition) is 2. The second kappa shape index (κ2) is 7.35. The van der Waals surface area contributed by atoms with Crippen LogP contribution in [0.4, 0.5) is 18.9 Å². The molecule has 2 aromatic rings. The normalized spacial score (nSPS) is 11.0. The second-order valence-corrected chi connectivity index (χ2v) is 5.28. The number of nitrogens with one attached hydrogen (secondary N) is 2. The highest BCUT2D eigenvalue weighted by Crippen LogP contribution is 2.16. The molecule has 2 aromatic carbocycles. The van der Waals surface area contributed by atoms with Crippen LogP contribution in [0, 0.1) is 0 Å². The number of carbonyl (C=O) groups excluding carboxylic acids is 2. The number of carbonyl (C=O) groups is 2. The number of benzene rings is 2. The SMILES string of the molecule is O=C(NCC(F)(F)F)c1cccc(NC(=O)c2cccc(Cl)c2)c1. The standard InChI is InChI=1S/C16H12ClF3N2O2/c17-12-5-1-3-10(7-12)15(24)22-13-6-2-4-11(8-13)14(23)21-9-16(18,19)20/h1-8H,9H2,(H,21,23)(H,22,24). The lowest BCUT2D eigenvalue weighted by atomic mass is 10.1. The molecule has 2 N–H and O–H groups in total. The topological polar surface area (TPSA) is 58.2 Å². The molecule has 0 heterocycles. The van der Waals surface area contributed by atoms with E-state index in [2.05, 4.69) is 5.32 Å². The molecular weight excluding hydrogens is 345 g/mol. The number of anilines is 1. The molecule has 4 nitrogen and oxygen atoms in total. The van der Waals surface area contributed by atoms with Gasteiger partial charge in [0.25, 0.3) is 11.8 Å². The van der Waals surface area contributed by atoms with Gasteiger partial charge in [0.2, 0.25) is 0 Å². The van der Waals surface area contributed by atoms with Crippen LogP contribution in [0.25, 0.3) is 0 Å². The van der Waals surface area contributed by atoms with Gasteiger partial charge in [-0.3, -0.25) is 9.59 Å². The first-order valence-electron chi connectivity index (χ1n) is 6.76. The summed E-state index contributed by atoms with van der Waals surface area (Å²) in [7, 11) is 0. The van der Waals surface area contributed by atoms with Crippen molar-refractivity contribution < 1.29 is 22.8 Å². The molecular formula is C16H12ClF3N2O2. The highest BCUT2D eigenvalue weighted by Gasteiger charge is 2.27. The Labute approximate surface area is 140 Å². The summed E-state index contributed by atoms with van der Waals surface area (Å²) in [5, 5.41) is 4.71. The van der Waals surface area contributed by atoms with Gasteiger partial charge in [-0.05, 0) is 36.4 Å². The van der Waals surface area contributed by atoms with Gasteiger partial charge in [0.1, 0.15) is 6.54 Å². The summed E-state index contributed by atoms with van der Waals surface area (Å²) in [5.41, 5.74) is 0.595. The summed E-state index contributed by atoms with van der Waals surface area (Å²) in [6.45, 7) is -1.43. The average molecular weight is 357 g/mol. The quantitative estimate of drug-likeness (QED) is 0.873. The average Bonchev–Trinajstić information content (AvgIpc) is 2.52. The number of halogens is 4. The minimum absolute atomic E-state index is 0.00291. The monoisotopic (exact) mass is 356 g/mol. The maximum Gasteiger partial charge on any atom is 0.405 e. The predicted octanol–water partition coefficient (Wildman–Crippen LogP) is 3.88. The zero-order chi connectivity index (χ0) is 17.7. The van der Waals surface area contributed by atoms with Crippen LogP contribution in [-0.2, 0) is 0 Å². The van der Waals surface area contributed by atoms with Gasteiger partial charge >= 0.3 is 6.18 Å². The van der Waals surface area contributed by atoms with Crippen molar-refractivity contribution in [2.75, 3.05) is 11.9 Å². The van der Waals surface area contributed by atoms with Gasteiger partial charge in [-0.15, -0.1) is 0 Å². The van der Waals surface area contributed by atoms with Crippen molar-refractivity contribution in [3.8, 4) is 0 Å². The van der Waals surface area contributed by atoms with E-state index in [0.29, 0.717) is 10.6 Å². The van der Waals surface area contributed by atoms with Gasteiger partial charge in [-0.1, -0.05) is 23.7 Å². The molecule has 0 aliphatic rings. The van der Waals surface area contributed by atoms with E-state index in [1.165, 1.54) is 30.3 Å². The lowest BCUT2D eigenvalue weighted by Gasteiger charge is -2.10. The van der Waals surface area contributed by atoms with Crippen molar-refractivity contribution in [3.63, 3.8) is 0 Å². The molecule has 24 heavy (non-hydrogen) atoms. The van der Waals surface area contributed by atoms with E-state index < -0.39 is 24.5 Å². The van der Waals surface area contributed by atoms with Gasteiger partial charge in [0, 0.05) is 21.8 Å². The lowest BCUT2D eigenvalue weighted by molar-refractivity contribution is -0.123. The highest BCUT2D eigenvalue weighted by atomic mass is 35.5. The Balaban J connectivity index is 2.07. The number of rotatable bonds is 4. The van der Waals surface area contributed by atoms with Gasteiger partial charge in [0.15, 0.2) is 0 Å². The number of alkyl halides is 3. The number of hydrogen-bond donors (Lipinski definition) is 2. The Hall–Kier alpha value is -2.54. The van der Waals surface area contributed by atoms with E-state index in [4.69, 9.17) is 11.6 Å². The molecule has 2 amide bonds. The molecule has 0 aliphatic heterocycles. The maximum absolute atomic E-state index is 12.1. The van der Waals surface area contributed by atoms with Crippen LogP contribution in [0.5, 0.6) is 0 Å². The molecule has 2 rings (SSSR count). The van der Waals surface area contributed by atoms with Gasteiger partial charge < -0.3 is 10.6 Å². The van der Waals surface area contributed by atoms with Gasteiger partial charge in [-0.2, -0.15) is 13.2 Å². The van der Waals surface area contributed by atoms with E-state index >= 15 is 0 Å². The molecule has 8 heteroatoms. The van der Waals surface area contributed by atoms with Crippen molar-refractivity contribution >= 4 is 29.1 Å². The Bertz CT molecular complexity index is 763. The molecule has 0 unspecified atom stereocenters. The third kappa shape index (κ3) is 5.27. The Morgan fingerprint density at radius 1 is 0.958 bits per heavy atom. The minimum atomic E-state index is -4.49. The Kier molecular flexibility index (Phi) is 5.46. The molecule has 0 bridgehead atoms.